The summed E-state index contributed by atoms with van der Waals surface area (Å²) in [5.41, 5.74) is -0.289. The Morgan fingerprint density at radius 1 is 1.24 bits per heavy atom. The third-order valence-corrected chi connectivity index (χ3v) is 4.98. The van der Waals surface area contributed by atoms with Crippen molar-refractivity contribution in [2.24, 2.45) is 0 Å². The number of likely N-dealkylation sites (N-methyl/N-ethyl adjacent to an activating group) is 1. The van der Waals surface area contributed by atoms with E-state index in [9.17, 15) is 0 Å². The molecule has 2 saturated carbocycles. The molecule has 1 N–H and O–H groups in total. The highest BCUT2D eigenvalue weighted by atomic mass is 16.5. The molecule has 118 valence electrons. The summed E-state index contributed by atoms with van der Waals surface area (Å²) in [6.45, 7) is 5.88. The normalized spacial score (nSPS) is 28.3. The average Bonchev–Trinajstić information content (AvgIpc) is 3.18. The van der Waals surface area contributed by atoms with Crippen LogP contribution in [0.5, 0.6) is 0 Å². The maximum atomic E-state index is 6.03. The Hall–Kier alpha value is -0.940. The molecule has 0 amide bonds. The molecule has 2 aliphatic rings. The molecule has 0 bridgehead atoms. The van der Waals surface area contributed by atoms with E-state index in [4.69, 9.17) is 14.2 Å². The SMILES string of the molecule is CCNC1CCCC1c1nc(C2(OCC)CCCC2)no1. The Bertz CT molecular complexity index is 454. The van der Waals surface area contributed by atoms with E-state index in [2.05, 4.69) is 17.4 Å². The van der Waals surface area contributed by atoms with Gasteiger partial charge in [-0.15, -0.1) is 0 Å². The quantitative estimate of drug-likeness (QED) is 0.873. The monoisotopic (exact) mass is 293 g/mol. The molecule has 0 radical (unpaired) electrons. The number of nitrogens with zero attached hydrogens (tertiary/aromatic N) is 2. The van der Waals surface area contributed by atoms with Gasteiger partial charge in [-0.1, -0.05) is 18.5 Å². The summed E-state index contributed by atoms with van der Waals surface area (Å²) in [7, 11) is 0. The molecule has 2 aliphatic carbocycles. The third-order valence-electron chi connectivity index (χ3n) is 4.98. The minimum absolute atomic E-state index is 0.289. The molecule has 2 fully saturated rings. The van der Waals surface area contributed by atoms with E-state index in [0.717, 1.165) is 37.5 Å². The molecule has 3 rings (SSSR count). The maximum absolute atomic E-state index is 6.03. The van der Waals surface area contributed by atoms with Gasteiger partial charge in [0.1, 0.15) is 5.60 Å². The van der Waals surface area contributed by atoms with Crippen molar-refractivity contribution in [1.82, 2.24) is 15.5 Å². The molecular weight excluding hydrogens is 266 g/mol. The zero-order valence-corrected chi connectivity index (χ0v) is 13.2. The molecule has 5 nitrogen and oxygen atoms in total. The van der Waals surface area contributed by atoms with Gasteiger partial charge < -0.3 is 14.6 Å². The number of ether oxygens (including phenoxy) is 1. The van der Waals surface area contributed by atoms with E-state index < -0.39 is 0 Å². The van der Waals surface area contributed by atoms with Crippen LogP contribution in [0.3, 0.4) is 0 Å². The summed E-state index contributed by atoms with van der Waals surface area (Å²) in [4.78, 5) is 4.75. The van der Waals surface area contributed by atoms with Gasteiger partial charge in [-0.3, -0.25) is 0 Å². The lowest BCUT2D eigenvalue weighted by atomic mass is 10.0. The largest absolute Gasteiger partial charge is 0.367 e. The smallest absolute Gasteiger partial charge is 0.231 e. The van der Waals surface area contributed by atoms with Crippen LogP contribution in [0.25, 0.3) is 0 Å². The average molecular weight is 293 g/mol. The van der Waals surface area contributed by atoms with E-state index in [1.54, 1.807) is 0 Å². The van der Waals surface area contributed by atoms with Crippen LogP contribution in [0.15, 0.2) is 4.52 Å². The minimum atomic E-state index is -0.289. The van der Waals surface area contributed by atoms with Crippen LogP contribution in [0.2, 0.25) is 0 Å². The maximum Gasteiger partial charge on any atom is 0.231 e. The molecule has 0 spiro atoms. The minimum Gasteiger partial charge on any atom is -0.367 e. The second-order valence-electron chi connectivity index (χ2n) is 6.29. The molecule has 0 saturated heterocycles. The van der Waals surface area contributed by atoms with E-state index in [1.807, 2.05) is 6.92 Å². The van der Waals surface area contributed by atoms with Crippen molar-refractivity contribution in [2.75, 3.05) is 13.2 Å². The molecule has 0 aromatic carbocycles. The molecular formula is C16H27N3O2. The number of hydrogen-bond acceptors (Lipinski definition) is 5. The molecule has 2 unspecified atom stereocenters. The Balaban J connectivity index is 1.79. The van der Waals surface area contributed by atoms with Gasteiger partial charge in [0.05, 0.1) is 5.92 Å². The van der Waals surface area contributed by atoms with Gasteiger partial charge in [0.15, 0.2) is 0 Å². The van der Waals surface area contributed by atoms with Crippen LogP contribution in [0.4, 0.5) is 0 Å². The van der Waals surface area contributed by atoms with E-state index in [1.165, 1.54) is 25.7 Å². The molecule has 1 aromatic rings. The third kappa shape index (κ3) is 2.86. The van der Waals surface area contributed by atoms with Crippen molar-refractivity contribution in [3.8, 4) is 0 Å². The van der Waals surface area contributed by atoms with E-state index >= 15 is 0 Å². The zero-order chi connectivity index (χ0) is 14.7. The van der Waals surface area contributed by atoms with Crippen molar-refractivity contribution in [1.29, 1.82) is 0 Å². The molecule has 5 heteroatoms. The van der Waals surface area contributed by atoms with Crippen molar-refractivity contribution in [3.63, 3.8) is 0 Å². The Morgan fingerprint density at radius 2 is 2.05 bits per heavy atom. The summed E-state index contributed by atoms with van der Waals surface area (Å²) in [5.74, 6) is 1.95. The van der Waals surface area contributed by atoms with Crippen LogP contribution in [-0.2, 0) is 10.3 Å². The van der Waals surface area contributed by atoms with Gasteiger partial charge in [0.25, 0.3) is 0 Å². The first-order chi connectivity index (χ1) is 10.3. The predicted molar refractivity (Wildman–Crippen MR) is 80.1 cm³/mol. The first kappa shape index (κ1) is 15.0. The standard InChI is InChI=1S/C16H27N3O2/c1-3-17-13-9-7-8-12(13)14-18-15(19-21-14)16(20-4-2)10-5-6-11-16/h12-13,17H,3-11H2,1-2H3. The van der Waals surface area contributed by atoms with Crippen molar-refractivity contribution < 1.29 is 9.26 Å². The summed E-state index contributed by atoms with van der Waals surface area (Å²) < 4.78 is 11.7. The van der Waals surface area contributed by atoms with Crippen LogP contribution in [0, 0.1) is 0 Å². The fourth-order valence-electron chi connectivity index (χ4n) is 3.99. The fourth-order valence-corrected chi connectivity index (χ4v) is 3.99. The van der Waals surface area contributed by atoms with Gasteiger partial charge in [0, 0.05) is 12.6 Å². The molecule has 1 aromatic heterocycles. The lowest BCUT2D eigenvalue weighted by Crippen LogP contribution is -2.31. The highest BCUT2D eigenvalue weighted by Gasteiger charge is 2.42. The highest BCUT2D eigenvalue weighted by Crippen LogP contribution is 2.42. The lowest BCUT2D eigenvalue weighted by molar-refractivity contribution is -0.0469. The Kier molecular flexibility index (Phi) is 4.60. The fraction of sp³-hybridized carbons (Fsp3) is 0.875. The topological polar surface area (TPSA) is 60.2 Å². The summed E-state index contributed by atoms with van der Waals surface area (Å²) in [6, 6.07) is 0.481. The molecule has 2 atom stereocenters. The van der Waals surface area contributed by atoms with E-state index in [-0.39, 0.29) is 5.60 Å². The van der Waals surface area contributed by atoms with Crippen LogP contribution in [0.1, 0.15) is 76.4 Å². The van der Waals surface area contributed by atoms with Crippen molar-refractivity contribution >= 4 is 0 Å². The van der Waals surface area contributed by atoms with Gasteiger partial charge in [-0.05, 0) is 52.0 Å². The molecule has 0 aliphatic heterocycles. The van der Waals surface area contributed by atoms with Gasteiger partial charge in [-0.2, -0.15) is 4.98 Å². The predicted octanol–water partition coefficient (Wildman–Crippen LogP) is 3.12. The Labute approximate surface area is 126 Å². The van der Waals surface area contributed by atoms with E-state index in [0.29, 0.717) is 18.6 Å². The number of aromatic nitrogens is 2. The Morgan fingerprint density at radius 3 is 2.76 bits per heavy atom. The summed E-state index contributed by atoms with van der Waals surface area (Å²) in [6.07, 6.45) is 7.98. The van der Waals surface area contributed by atoms with Gasteiger partial charge in [0.2, 0.25) is 11.7 Å². The number of rotatable bonds is 6. The highest BCUT2D eigenvalue weighted by molar-refractivity contribution is 5.09. The van der Waals surface area contributed by atoms with Crippen LogP contribution < -0.4 is 5.32 Å². The summed E-state index contributed by atoms with van der Waals surface area (Å²) >= 11 is 0. The number of nitrogens with one attached hydrogen (secondary N) is 1. The zero-order valence-electron chi connectivity index (χ0n) is 13.2. The lowest BCUT2D eigenvalue weighted by Gasteiger charge is -2.24. The summed E-state index contributed by atoms with van der Waals surface area (Å²) in [5, 5.41) is 7.84. The second kappa shape index (κ2) is 6.44. The van der Waals surface area contributed by atoms with Gasteiger partial charge >= 0.3 is 0 Å². The van der Waals surface area contributed by atoms with Crippen LogP contribution >= 0.6 is 0 Å². The van der Waals surface area contributed by atoms with Crippen LogP contribution in [-0.4, -0.2) is 29.3 Å². The van der Waals surface area contributed by atoms with Crippen molar-refractivity contribution in [2.45, 2.75) is 76.4 Å². The molecule has 21 heavy (non-hydrogen) atoms. The first-order valence-electron chi connectivity index (χ1n) is 8.50. The second-order valence-corrected chi connectivity index (χ2v) is 6.29. The number of hydrogen-bond donors (Lipinski definition) is 1. The molecule has 1 heterocycles. The van der Waals surface area contributed by atoms with Gasteiger partial charge in [-0.25, -0.2) is 0 Å². The first-order valence-corrected chi connectivity index (χ1v) is 8.50. The van der Waals surface area contributed by atoms with Crippen molar-refractivity contribution in [3.05, 3.63) is 11.7 Å².